The molecule has 4 nitrogen and oxygen atoms in total. The largest absolute Gasteiger partial charge is 0.330 e. The average Bonchev–Trinajstić information content (AvgIpc) is 2.87. The third-order valence-electron chi connectivity index (χ3n) is 3.45. The number of benzene rings is 1. The van der Waals surface area contributed by atoms with Crippen molar-refractivity contribution >= 4 is 17.2 Å². The normalized spacial score (nSPS) is 10.9. The van der Waals surface area contributed by atoms with E-state index in [4.69, 9.17) is 10.7 Å². The van der Waals surface area contributed by atoms with Crippen LogP contribution in [0.5, 0.6) is 0 Å². The first-order chi connectivity index (χ1) is 9.81. The summed E-state index contributed by atoms with van der Waals surface area (Å²) in [5, 5.41) is 0. The number of nitrogens with two attached hydrogens (primary N) is 1. The van der Waals surface area contributed by atoms with Crippen LogP contribution in [-0.4, -0.2) is 23.0 Å². The lowest BCUT2D eigenvalue weighted by molar-refractivity contribution is 0.899. The minimum Gasteiger partial charge on any atom is -0.330 e. The Hall–Kier alpha value is -2.33. The van der Waals surface area contributed by atoms with Crippen LogP contribution in [0, 0.1) is 0 Å². The van der Waals surface area contributed by atoms with E-state index >= 15 is 0 Å². The molecule has 0 unspecified atom stereocenters. The monoisotopic (exact) mass is 266 g/mol. The van der Waals surface area contributed by atoms with Gasteiger partial charge in [-0.3, -0.25) is 0 Å². The molecule has 3 aromatic rings. The highest BCUT2D eigenvalue weighted by atomic mass is 15.2. The van der Waals surface area contributed by atoms with Crippen molar-refractivity contribution in [2.75, 3.05) is 18.5 Å². The van der Waals surface area contributed by atoms with Crippen molar-refractivity contribution in [1.82, 2.24) is 9.38 Å². The highest BCUT2D eigenvalue weighted by Gasteiger charge is 2.15. The Morgan fingerprint density at radius 3 is 2.60 bits per heavy atom. The smallest absolute Gasteiger partial charge is 0.155 e. The Morgan fingerprint density at radius 2 is 1.85 bits per heavy atom. The molecule has 0 bridgehead atoms. The number of fused-ring (bicyclic) bond motifs is 1. The molecule has 0 aliphatic rings. The van der Waals surface area contributed by atoms with Crippen molar-refractivity contribution in [3.63, 3.8) is 0 Å². The molecular formula is C16H18N4. The van der Waals surface area contributed by atoms with Crippen LogP contribution in [0.2, 0.25) is 0 Å². The second-order valence-corrected chi connectivity index (χ2v) is 4.74. The first-order valence-electron chi connectivity index (χ1n) is 6.76. The summed E-state index contributed by atoms with van der Waals surface area (Å²) in [5.41, 5.74) is 8.98. The number of nitrogens with zero attached hydrogens (tertiary/aromatic N) is 3. The van der Waals surface area contributed by atoms with Crippen molar-refractivity contribution in [1.29, 1.82) is 0 Å². The van der Waals surface area contributed by atoms with Crippen molar-refractivity contribution in [3.8, 4) is 0 Å². The van der Waals surface area contributed by atoms with Crippen LogP contribution in [0.25, 0.3) is 5.65 Å². The van der Waals surface area contributed by atoms with Crippen LogP contribution in [0.4, 0.5) is 11.5 Å². The molecular weight excluding hydrogens is 248 g/mol. The first-order valence-corrected chi connectivity index (χ1v) is 6.76. The number of rotatable bonds is 4. The second kappa shape index (κ2) is 5.35. The standard InChI is InChI=1S/C16H18N4/c1-19(13-7-3-2-4-8-13)16-14(10-11-17)20-12-6-5-9-15(20)18-16/h2-9,12H,10-11,17H2,1H3. The number of para-hydroxylation sites is 1. The molecule has 0 fully saturated rings. The van der Waals surface area contributed by atoms with E-state index in [0.29, 0.717) is 6.54 Å². The van der Waals surface area contributed by atoms with Gasteiger partial charge in [0.15, 0.2) is 5.82 Å². The molecule has 4 heteroatoms. The van der Waals surface area contributed by atoms with E-state index in [0.717, 1.165) is 29.3 Å². The Balaban J connectivity index is 2.12. The summed E-state index contributed by atoms with van der Waals surface area (Å²) < 4.78 is 2.11. The molecule has 2 N–H and O–H groups in total. The summed E-state index contributed by atoms with van der Waals surface area (Å²) in [7, 11) is 2.04. The zero-order valence-corrected chi connectivity index (χ0v) is 11.5. The molecule has 2 heterocycles. The fourth-order valence-electron chi connectivity index (χ4n) is 2.45. The average molecular weight is 266 g/mol. The molecule has 0 amide bonds. The van der Waals surface area contributed by atoms with E-state index in [1.54, 1.807) is 0 Å². The predicted molar refractivity (Wildman–Crippen MR) is 82.5 cm³/mol. The van der Waals surface area contributed by atoms with Crippen molar-refractivity contribution in [2.45, 2.75) is 6.42 Å². The number of hydrogen-bond acceptors (Lipinski definition) is 3. The number of imidazole rings is 1. The van der Waals surface area contributed by atoms with Crippen LogP contribution in [0.15, 0.2) is 54.7 Å². The van der Waals surface area contributed by atoms with Gasteiger partial charge in [0.25, 0.3) is 0 Å². The molecule has 2 aromatic heterocycles. The highest BCUT2D eigenvalue weighted by molar-refractivity contribution is 5.65. The van der Waals surface area contributed by atoms with Crippen LogP contribution in [-0.2, 0) is 6.42 Å². The minimum atomic E-state index is 0.609. The maximum atomic E-state index is 5.76. The van der Waals surface area contributed by atoms with Gasteiger partial charge in [-0.05, 0) is 30.8 Å². The van der Waals surface area contributed by atoms with Gasteiger partial charge in [0.2, 0.25) is 0 Å². The number of hydrogen-bond donors (Lipinski definition) is 1. The summed E-state index contributed by atoms with van der Waals surface area (Å²) in [6, 6.07) is 16.3. The predicted octanol–water partition coefficient (Wildman–Crippen LogP) is 2.60. The lowest BCUT2D eigenvalue weighted by Crippen LogP contribution is -2.14. The van der Waals surface area contributed by atoms with Gasteiger partial charge >= 0.3 is 0 Å². The maximum Gasteiger partial charge on any atom is 0.155 e. The highest BCUT2D eigenvalue weighted by Crippen LogP contribution is 2.27. The number of pyridine rings is 1. The quantitative estimate of drug-likeness (QED) is 0.789. The SMILES string of the molecule is CN(c1ccccc1)c1nc2ccccn2c1CCN. The zero-order valence-electron chi connectivity index (χ0n) is 11.5. The molecule has 0 saturated carbocycles. The lowest BCUT2D eigenvalue weighted by atomic mass is 10.2. The molecule has 102 valence electrons. The summed E-state index contributed by atoms with van der Waals surface area (Å²) in [6.45, 7) is 0.609. The van der Waals surface area contributed by atoms with Gasteiger partial charge in [-0.15, -0.1) is 0 Å². The molecule has 0 atom stereocenters. The summed E-state index contributed by atoms with van der Waals surface area (Å²) in [4.78, 5) is 6.85. The van der Waals surface area contributed by atoms with Gasteiger partial charge in [-0.25, -0.2) is 4.98 Å². The molecule has 0 aliphatic carbocycles. The molecule has 20 heavy (non-hydrogen) atoms. The van der Waals surface area contributed by atoms with Gasteiger partial charge in [0.05, 0.1) is 5.69 Å². The van der Waals surface area contributed by atoms with Crippen LogP contribution >= 0.6 is 0 Å². The molecule has 0 saturated heterocycles. The van der Waals surface area contributed by atoms with Crippen molar-refractivity contribution in [3.05, 3.63) is 60.4 Å². The van der Waals surface area contributed by atoms with E-state index in [2.05, 4.69) is 21.4 Å². The Morgan fingerprint density at radius 1 is 1.10 bits per heavy atom. The van der Waals surface area contributed by atoms with Gasteiger partial charge < -0.3 is 15.0 Å². The van der Waals surface area contributed by atoms with Crippen molar-refractivity contribution < 1.29 is 0 Å². The van der Waals surface area contributed by atoms with Gasteiger partial charge in [-0.2, -0.15) is 0 Å². The fraction of sp³-hybridized carbons (Fsp3) is 0.188. The first kappa shape index (κ1) is 12.7. The Bertz CT molecular complexity index is 703. The molecule has 0 spiro atoms. The molecule has 1 aromatic carbocycles. The zero-order chi connectivity index (χ0) is 13.9. The number of aromatic nitrogens is 2. The van der Waals surface area contributed by atoms with Gasteiger partial charge in [0.1, 0.15) is 5.65 Å². The Kier molecular flexibility index (Phi) is 3.39. The van der Waals surface area contributed by atoms with Gasteiger partial charge in [-0.1, -0.05) is 24.3 Å². The topological polar surface area (TPSA) is 46.6 Å². The van der Waals surface area contributed by atoms with E-state index in [1.165, 1.54) is 0 Å². The third kappa shape index (κ3) is 2.14. The summed E-state index contributed by atoms with van der Waals surface area (Å²) >= 11 is 0. The van der Waals surface area contributed by atoms with E-state index in [9.17, 15) is 0 Å². The van der Waals surface area contributed by atoms with Crippen LogP contribution in [0.3, 0.4) is 0 Å². The van der Waals surface area contributed by atoms with Crippen LogP contribution < -0.4 is 10.6 Å². The second-order valence-electron chi connectivity index (χ2n) is 4.74. The fourth-order valence-corrected chi connectivity index (χ4v) is 2.45. The summed E-state index contributed by atoms with van der Waals surface area (Å²) in [6.07, 6.45) is 2.84. The Labute approximate surface area is 118 Å². The molecule has 3 rings (SSSR count). The lowest BCUT2D eigenvalue weighted by Gasteiger charge is -2.18. The van der Waals surface area contributed by atoms with Crippen LogP contribution in [0.1, 0.15) is 5.69 Å². The van der Waals surface area contributed by atoms with E-state index < -0.39 is 0 Å². The van der Waals surface area contributed by atoms with E-state index in [1.807, 2.05) is 49.6 Å². The van der Waals surface area contributed by atoms with E-state index in [-0.39, 0.29) is 0 Å². The van der Waals surface area contributed by atoms with Crippen molar-refractivity contribution in [2.24, 2.45) is 5.73 Å². The summed E-state index contributed by atoms with van der Waals surface area (Å²) in [5.74, 6) is 0.966. The minimum absolute atomic E-state index is 0.609. The maximum absolute atomic E-state index is 5.76. The number of anilines is 2. The third-order valence-corrected chi connectivity index (χ3v) is 3.45. The molecule has 0 aliphatic heterocycles. The molecule has 0 radical (unpaired) electrons. The van der Waals surface area contributed by atoms with Gasteiger partial charge in [0, 0.05) is 25.4 Å².